The summed E-state index contributed by atoms with van der Waals surface area (Å²) in [5.74, 6) is -0.0384. The van der Waals surface area contributed by atoms with Crippen molar-refractivity contribution in [3.8, 4) is 0 Å². The quantitative estimate of drug-likeness (QED) is 0.851. The van der Waals surface area contributed by atoms with Gasteiger partial charge in [-0.3, -0.25) is 4.79 Å². The minimum atomic E-state index is -0.0384. The summed E-state index contributed by atoms with van der Waals surface area (Å²) in [5.41, 5.74) is 2.87. The van der Waals surface area contributed by atoms with Gasteiger partial charge in [-0.25, -0.2) is 0 Å². The van der Waals surface area contributed by atoms with Crippen LogP contribution in [0.2, 0.25) is 0 Å². The van der Waals surface area contributed by atoms with Crippen LogP contribution >= 0.6 is 15.9 Å². The maximum atomic E-state index is 11.8. The highest BCUT2D eigenvalue weighted by Gasteiger charge is 2.06. The minimum Gasteiger partial charge on any atom is -0.381 e. The number of benzene rings is 2. The summed E-state index contributed by atoms with van der Waals surface area (Å²) in [5, 5.41) is 6.22. The molecule has 0 saturated carbocycles. The van der Waals surface area contributed by atoms with Crippen molar-refractivity contribution in [2.75, 3.05) is 5.32 Å². The van der Waals surface area contributed by atoms with E-state index in [0.717, 1.165) is 16.7 Å². The molecule has 0 saturated heterocycles. The Balaban J connectivity index is 1.95. The first-order valence-electron chi connectivity index (χ1n) is 6.94. The molecule has 1 amide bonds. The molecule has 0 aliphatic rings. The van der Waals surface area contributed by atoms with Gasteiger partial charge in [-0.15, -0.1) is 0 Å². The van der Waals surface area contributed by atoms with E-state index in [0.29, 0.717) is 5.56 Å². The van der Waals surface area contributed by atoms with Crippen molar-refractivity contribution in [3.63, 3.8) is 0 Å². The fourth-order valence-electron chi connectivity index (χ4n) is 1.94. The second-order valence-electron chi connectivity index (χ2n) is 5.19. The summed E-state index contributed by atoms with van der Waals surface area (Å²) in [7, 11) is 0. The van der Waals surface area contributed by atoms with E-state index in [2.05, 4.69) is 38.7 Å². The van der Waals surface area contributed by atoms with Crippen LogP contribution in [0.3, 0.4) is 0 Å². The Bertz CT molecular complexity index is 608. The van der Waals surface area contributed by atoms with Crippen LogP contribution in [0.5, 0.6) is 0 Å². The summed E-state index contributed by atoms with van der Waals surface area (Å²) < 4.78 is 1.07. The fourth-order valence-corrected chi connectivity index (χ4v) is 2.38. The van der Waals surface area contributed by atoms with Crippen LogP contribution in [0.15, 0.2) is 53.0 Å². The number of halogens is 1. The van der Waals surface area contributed by atoms with Crippen molar-refractivity contribution in [3.05, 3.63) is 64.1 Å². The van der Waals surface area contributed by atoms with Gasteiger partial charge in [-0.05, 0) is 55.8 Å². The Morgan fingerprint density at radius 1 is 1.14 bits per heavy atom. The third kappa shape index (κ3) is 4.90. The normalized spacial score (nSPS) is 10.5. The average molecular weight is 347 g/mol. The molecule has 0 aromatic heterocycles. The molecule has 110 valence electrons. The molecule has 3 nitrogen and oxygen atoms in total. The van der Waals surface area contributed by atoms with E-state index in [9.17, 15) is 4.79 Å². The lowest BCUT2D eigenvalue weighted by Gasteiger charge is -2.10. The molecule has 0 heterocycles. The first kappa shape index (κ1) is 15.6. The number of rotatable bonds is 5. The van der Waals surface area contributed by atoms with E-state index in [1.54, 1.807) is 0 Å². The summed E-state index contributed by atoms with van der Waals surface area (Å²) in [6, 6.07) is 15.8. The van der Waals surface area contributed by atoms with Crippen molar-refractivity contribution in [2.45, 2.75) is 26.4 Å². The lowest BCUT2D eigenvalue weighted by molar-refractivity contribution is 0.0943. The lowest BCUT2D eigenvalue weighted by atomic mass is 10.1. The number of anilines is 1. The van der Waals surface area contributed by atoms with Crippen LogP contribution < -0.4 is 10.6 Å². The molecule has 2 N–H and O–H groups in total. The van der Waals surface area contributed by atoms with Crippen molar-refractivity contribution in [1.29, 1.82) is 0 Å². The van der Waals surface area contributed by atoms with Crippen molar-refractivity contribution in [1.82, 2.24) is 5.32 Å². The molecule has 0 spiro atoms. The first-order chi connectivity index (χ1) is 10.0. The maximum absolute atomic E-state index is 11.8. The third-order valence-electron chi connectivity index (χ3n) is 2.95. The number of carbonyl (C=O) groups excluding carboxylic acids is 1. The SMILES string of the molecule is CC(C)NC(=O)c1ccc(NCc2cccc(Br)c2)cc1. The van der Waals surface area contributed by atoms with Gasteiger partial charge in [0.05, 0.1) is 0 Å². The smallest absolute Gasteiger partial charge is 0.251 e. The molecule has 2 aromatic rings. The largest absolute Gasteiger partial charge is 0.381 e. The molecule has 0 fully saturated rings. The van der Waals surface area contributed by atoms with Gasteiger partial charge < -0.3 is 10.6 Å². The second-order valence-corrected chi connectivity index (χ2v) is 6.10. The summed E-state index contributed by atoms with van der Waals surface area (Å²) in [6.07, 6.45) is 0. The molecule has 2 rings (SSSR count). The number of hydrogen-bond donors (Lipinski definition) is 2. The Morgan fingerprint density at radius 2 is 1.86 bits per heavy atom. The predicted molar refractivity (Wildman–Crippen MR) is 90.5 cm³/mol. The Kier molecular flexibility index (Phi) is 5.39. The van der Waals surface area contributed by atoms with Gasteiger partial charge in [0.25, 0.3) is 5.91 Å². The molecular weight excluding hydrogens is 328 g/mol. The molecule has 0 bridgehead atoms. The van der Waals surface area contributed by atoms with E-state index in [-0.39, 0.29) is 11.9 Å². The summed E-state index contributed by atoms with van der Waals surface area (Å²) in [4.78, 5) is 11.8. The molecular formula is C17H19BrN2O. The van der Waals surface area contributed by atoms with E-state index in [4.69, 9.17) is 0 Å². The first-order valence-corrected chi connectivity index (χ1v) is 7.73. The molecule has 21 heavy (non-hydrogen) atoms. The highest BCUT2D eigenvalue weighted by Crippen LogP contribution is 2.14. The summed E-state index contributed by atoms with van der Waals surface area (Å²) >= 11 is 3.46. The van der Waals surface area contributed by atoms with E-state index in [1.165, 1.54) is 5.56 Å². The average Bonchev–Trinajstić information content (AvgIpc) is 2.45. The highest BCUT2D eigenvalue weighted by molar-refractivity contribution is 9.10. The highest BCUT2D eigenvalue weighted by atomic mass is 79.9. The van der Waals surface area contributed by atoms with Gasteiger partial charge in [0.1, 0.15) is 0 Å². The van der Waals surface area contributed by atoms with E-state index < -0.39 is 0 Å². The monoisotopic (exact) mass is 346 g/mol. The predicted octanol–water partition coefficient (Wildman–Crippen LogP) is 4.20. The lowest BCUT2D eigenvalue weighted by Crippen LogP contribution is -2.29. The Labute approximate surface area is 133 Å². The van der Waals surface area contributed by atoms with Crippen molar-refractivity contribution >= 4 is 27.5 Å². The molecule has 0 radical (unpaired) electrons. The van der Waals surface area contributed by atoms with Crippen LogP contribution in [-0.4, -0.2) is 11.9 Å². The second kappa shape index (κ2) is 7.27. The van der Waals surface area contributed by atoms with Gasteiger partial charge in [-0.1, -0.05) is 28.1 Å². The molecule has 4 heteroatoms. The number of carbonyl (C=O) groups is 1. The fraction of sp³-hybridized carbons (Fsp3) is 0.235. The standard InChI is InChI=1S/C17H19BrN2O/c1-12(2)20-17(21)14-6-8-16(9-7-14)19-11-13-4-3-5-15(18)10-13/h3-10,12,19H,11H2,1-2H3,(H,20,21). The Hall–Kier alpha value is -1.81. The molecule has 0 aliphatic carbocycles. The van der Waals surface area contributed by atoms with E-state index in [1.807, 2.05) is 50.2 Å². The third-order valence-corrected chi connectivity index (χ3v) is 3.45. The Morgan fingerprint density at radius 3 is 2.48 bits per heavy atom. The van der Waals surface area contributed by atoms with Gasteiger partial charge in [0.15, 0.2) is 0 Å². The zero-order valence-electron chi connectivity index (χ0n) is 12.2. The summed E-state index contributed by atoms with van der Waals surface area (Å²) in [6.45, 7) is 4.65. The zero-order chi connectivity index (χ0) is 15.2. The topological polar surface area (TPSA) is 41.1 Å². The van der Waals surface area contributed by atoms with Crippen molar-refractivity contribution in [2.24, 2.45) is 0 Å². The van der Waals surface area contributed by atoms with Crippen LogP contribution in [-0.2, 0) is 6.54 Å². The number of amides is 1. The van der Waals surface area contributed by atoms with Crippen LogP contribution in [0.1, 0.15) is 29.8 Å². The molecule has 0 unspecified atom stereocenters. The van der Waals surface area contributed by atoms with Gasteiger partial charge in [0, 0.05) is 28.3 Å². The number of nitrogens with one attached hydrogen (secondary N) is 2. The van der Waals surface area contributed by atoms with Gasteiger partial charge in [-0.2, -0.15) is 0 Å². The van der Waals surface area contributed by atoms with Crippen molar-refractivity contribution < 1.29 is 4.79 Å². The minimum absolute atomic E-state index is 0.0384. The van der Waals surface area contributed by atoms with E-state index >= 15 is 0 Å². The maximum Gasteiger partial charge on any atom is 0.251 e. The molecule has 0 aliphatic heterocycles. The molecule has 0 atom stereocenters. The van der Waals surface area contributed by atoms with Crippen LogP contribution in [0.25, 0.3) is 0 Å². The number of hydrogen-bond acceptors (Lipinski definition) is 2. The van der Waals surface area contributed by atoms with Gasteiger partial charge in [0.2, 0.25) is 0 Å². The van der Waals surface area contributed by atoms with Crippen LogP contribution in [0, 0.1) is 0 Å². The van der Waals surface area contributed by atoms with Gasteiger partial charge >= 0.3 is 0 Å². The zero-order valence-corrected chi connectivity index (χ0v) is 13.8. The molecule has 2 aromatic carbocycles. The van der Waals surface area contributed by atoms with Crippen LogP contribution in [0.4, 0.5) is 5.69 Å².